The van der Waals surface area contributed by atoms with Crippen molar-refractivity contribution in [2.24, 2.45) is 5.92 Å². The van der Waals surface area contributed by atoms with Crippen molar-refractivity contribution in [3.05, 3.63) is 39.9 Å². The Morgan fingerprint density at radius 2 is 2.39 bits per heavy atom. The maximum Gasteiger partial charge on any atom is 0.269 e. The lowest BCUT2D eigenvalue weighted by Gasteiger charge is -2.31. The van der Waals surface area contributed by atoms with E-state index in [1.165, 1.54) is 6.07 Å². The van der Waals surface area contributed by atoms with Crippen molar-refractivity contribution in [3.63, 3.8) is 0 Å². The molecule has 1 N–H and O–H groups in total. The number of benzene rings is 1. The second kappa shape index (κ2) is 5.93. The zero-order valence-corrected chi connectivity index (χ0v) is 10.5. The van der Waals surface area contributed by atoms with E-state index in [0.717, 1.165) is 25.0 Å². The Labute approximate surface area is 106 Å². The number of hydrogen-bond donors (Lipinski definition) is 1. The molecule has 0 bridgehead atoms. The van der Waals surface area contributed by atoms with Crippen LogP contribution in [0.3, 0.4) is 0 Å². The Bertz CT molecular complexity index is 422. The average Bonchev–Trinajstić information content (AvgIpc) is 2.39. The van der Waals surface area contributed by atoms with Gasteiger partial charge in [-0.2, -0.15) is 0 Å². The fourth-order valence-corrected chi connectivity index (χ4v) is 2.48. The largest absolute Gasteiger partial charge is 0.381 e. The quantitative estimate of drug-likeness (QED) is 0.653. The summed E-state index contributed by atoms with van der Waals surface area (Å²) in [6.07, 6.45) is 1.81. The van der Waals surface area contributed by atoms with Crippen LogP contribution in [0.15, 0.2) is 24.3 Å². The first-order valence-corrected chi connectivity index (χ1v) is 6.19. The highest BCUT2D eigenvalue weighted by Gasteiger charge is 2.24. The normalized spacial score (nSPS) is 23.8. The van der Waals surface area contributed by atoms with Crippen LogP contribution < -0.4 is 5.32 Å². The van der Waals surface area contributed by atoms with Gasteiger partial charge in [-0.05, 0) is 25.5 Å². The van der Waals surface area contributed by atoms with Gasteiger partial charge in [-0.15, -0.1) is 0 Å². The van der Waals surface area contributed by atoms with Gasteiger partial charge in [-0.3, -0.25) is 10.1 Å². The first kappa shape index (κ1) is 13.0. The van der Waals surface area contributed by atoms with Crippen LogP contribution in [0.5, 0.6) is 0 Å². The minimum atomic E-state index is -0.351. The fraction of sp³-hybridized carbons (Fsp3) is 0.538. The van der Waals surface area contributed by atoms with Crippen LogP contribution in [0.25, 0.3) is 0 Å². The highest BCUT2D eigenvalue weighted by atomic mass is 16.6. The molecular formula is C13H18N2O3. The van der Waals surface area contributed by atoms with Crippen molar-refractivity contribution < 1.29 is 9.66 Å². The number of non-ortho nitro benzene ring substituents is 1. The molecule has 2 unspecified atom stereocenters. The van der Waals surface area contributed by atoms with E-state index >= 15 is 0 Å². The zero-order valence-electron chi connectivity index (χ0n) is 10.5. The van der Waals surface area contributed by atoms with E-state index in [4.69, 9.17) is 4.74 Å². The molecule has 0 amide bonds. The van der Waals surface area contributed by atoms with Gasteiger partial charge in [-0.25, -0.2) is 0 Å². The van der Waals surface area contributed by atoms with Crippen molar-refractivity contribution in [1.29, 1.82) is 0 Å². The van der Waals surface area contributed by atoms with Crippen LogP contribution in [0.4, 0.5) is 5.69 Å². The maximum atomic E-state index is 10.7. The van der Waals surface area contributed by atoms with E-state index in [2.05, 4.69) is 5.32 Å². The predicted octanol–water partition coefficient (Wildman–Crippen LogP) is 1.76. The Hall–Kier alpha value is -1.46. The van der Waals surface area contributed by atoms with E-state index in [-0.39, 0.29) is 10.6 Å². The summed E-state index contributed by atoms with van der Waals surface area (Å²) < 4.78 is 5.49. The summed E-state index contributed by atoms with van der Waals surface area (Å²) >= 11 is 0. The molecular weight excluding hydrogens is 232 g/mol. The lowest BCUT2D eigenvalue weighted by molar-refractivity contribution is -0.384. The number of rotatable bonds is 4. The Kier molecular flexibility index (Phi) is 4.28. The molecule has 1 heterocycles. The third-order valence-corrected chi connectivity index (χ3v) is 3.46. The molecule has 5 heteroatoms. The predicted molar refractivity (Wildman–Crippen MR) is 68.6 cm³/mol. The molecule has 0 saturated carbocycles. The molecule has 98 valence electrons. The summed E-state index contributed by atoms with van der Waals surface area (Å²) in [6, 6.07) is 7.29. The fourth-order valence-electron chi connectivity index (χ4n) is 2.48. The first-order valence-electron chi connectivity index (χ1n) is 6.19. The number of nitro groups is 1. The van der Waals surface area contributed by atoms with Crippen molar-refractivity contribution in [3.8, 4) is 0 Å². The van der Waals surface area contributed by atoms with E-state index in [1.54, 1.807) is 12.1 Å². The Morgan fingerprint density at radius 1 is 1.56 bits per heavy atom. The Balaban J connectivity index is 2.07. The Morgan fingerprint density at radius 3 is 3.11 bits per heavy atom. The smallest absolute Gasteiger partial charge is 0.269 e. The number of hydrogen-bond acceptors (Lipinski definition) is 4. The van der Waals surface area contributed by atoms with Crippen molar-refractivity contribution >= 4 is 5.69 Å². The molecule has 0 aliphatic carbocycles. The molecule has 0 aromatic heterocycles. The van der Waals surface area contributed by atoms with E-state index in [1.807, 2.05) is 13.1 Å². The van der Waals surface area contributed by atoms with Crippen LogP contribution in [0.1, 0.15) is 12.0 Å². The van der Waals surface area contributed by atoms with Gasteiger partial charge in [0.25, 0.3) is 5.69 Å². The molecule has 2 atom stereocenters. The second-order valence-electron chi connectivity index (χ2n) is 4.65. The molecule has 1 fully saturated rings. The summed E-state index contributed by atoms with van der Waals surface area (Å²) in [6.45, 7) is 1.51. The summed E-state index contributed by atoms with van der Waals surface area (Å²) in [5.41, 5.74) is 1.16. The van der Waals surface area contributed by atoms with Crippen molar-refractivity contribution in [2.75, 3.05) is 20.3 Å². The number of nitrogens with one attached hydrogen (secondary N) is 1. The van der Waals surface area contributed by atoms with Gasteiger partial charge in [0.05, 0.1) is 11.5 Å². The third-order valence-electron chi connectivity index (χ3n) is 3.46. The highest BCUT2D eigenvalue weighted by molar-refractivity contribution is 5.34. The minimum absolute atomic E-state index is 0.158. The molecule has 0 spiro atoms. The summed E-state index contributed by atoms with van der Waals surface area (Å²) in [7, 11) is 1.95. The summed E-state index contributed by atoms with van der Waals surface area (Å²) in [5, 5.41) is 14.0. The van der Waals surface area contributed by atoms with E-state index < -0.39 is 0 Å². The van der Waals surface area contributed by atoms with Gasteiger partial charge in [0.1, 0.15) is 0 Å². The third kappa shape index (κ3) is 3.05. The summed E-state index contributed by atoms with van der Waals surface area (Å²) in [4.78, 5) is 10.4. The van der Waals surface area contributed by atoms with Crippen molar-refractivity contribution in [1.82, 2.24) is 5.32 Å². The van der Waals surface area contributed by atoms with Crippen molar-refractivity contribution in [2.45, 2.75) is 18.9 Å². The molecule has 2 rings (SSSR count). The van der Waals surface area contributed by atoms with E-state index in [0.29, 0.717) is 18.6 Å². The number of ether oxygens (including phenoxy) is 1. The van der Waals surface area contributed by atoms with Crippen LogP contribution in [-0.4, -0.2) is 31.2 Å². The topological polar surface area (TPSA) is 64.4 Å². The van der Waals surface area contributed by atoms with Crippen LogP contribution in [0, 0.1) is 16.0 Å². The van der Waals surface area contributed by atoms with Gasteiger partial charge in [0.15, 0.2) is 0 Å². The first-order chi connectivity index (χ1) is 8.70. The lowest BCUT2D eigenvalue weighted by atomic mass is 9.89. The SMILES string of the molecule is CNC1CCOCC1Cc1cccc([N+](=O)[O-])c1. The molecule has 1 aromatic rings. The van der Waals surface area contributed by atoms with Gasteiger partial charge >= 0.3 is 0 Å². The van der Waals surface area contributed by atoms with Crippen LogP contribution in [-0.2, 0) is 11.2 Å². The maximum absolute atomic E-state index is 10.7. The zero-order chi connectivity index (χ0) is 13.0. The second-order valence-corrected chi connectivity index (χ2v) is 4.65. The van der Waals surface area contributed by atoms with Gasteiger partial charge in [0.2, 0.25) is 0 Å². The standard InChI is InChI=1S/C13H18N2O3/c1-14-13-5-6-18-9-11(13)7-10-3-2-4-12(8-10)15(16)17/h2-4,8,11,13-14H,5-7,9H2,1H3. The molecule has 1 saturated heterocycles. The molecule has 1 aliphatic heterocycles. The molecule has 5 nitrogen and oxygen atoms in total. The molecule has 18 heavy (non-hydrogen) atoms. The molecule has 1 aromatic carbocycles. The highest BCUT2D eigenvalue weighted by Crippen LogP contribution is 2.21. The van der Waals surface area contributed by atoms with Crippen LogP contribution >= 0.6 is 0 Å². The number of nitrogens with zero attached hydrogens (tertiary/aromatic N) is 1. The van der Waals surface area contributed by atoms with Gasteiger partial charge in [0, 0.05) is 30.7 Å². The molecule has 0 radical (unpaired) electrons. The number of nitro benzene ring substituents is 1. The van der Waals surface area contributed by atoms with Gasteiger partial charge < -0.3 is 10.1 Å². The minimum Gasteiger partial charge on any atom is -0.381 e. The lowest BCUT2D eigenvalue weighted by Crippen LogP contribution is -2.41. The average molecular weight is 250 g/mol. The van der Waals surface area contributed by atoms with E-state index in [9.17, 15) is 10.1 Å². The molecule has 1 aliphatic rings. The van der Waals surface area contributed by atoms with Crippen LogP contribution in [0.2, 0.25) is 0 Å². The monoisotopic (exact) mass is 250 g/mol. The van der Waals surface area contributed by atoms with Gasteiger partial charge in [-0.1, -0.05) is 12.1 Å². The summed E-state index contributed by atoms with van der Waals surface area (Å²) in [5.74, 6) is 0.380.